The lowest BCUT2D eigenvalue weighted by Crippen LogP contribution is -2.38. The van der Waals surface area contributed by atoms with Gasteiger partial charge in [0.15, 0.2) is 5.96 Å². The third kappa shape index (κ3) is 5.23. The molecule has 0 spiro atoms. The molecule has 0 fully saturated rings. The van der Waals surface area contributed by atoms with E-state index in [0.717, 1.165) is 36.1 Å². The van der Waals surface area contributed by atoms with Crippen LogP contribution in [-0.2, 0) is 26.6 Å². The Morgan fingerprint density at radius 2 is 1.93 bits per heavy atom. The van der Waals surface area contributed by atoms with Gasteiger partial charge in [-0.15, -0.1) is 0 Å². The summed E-state index contributed by atoms with van der Waals surface area (Å²) in [5.41, 5.74) is 4.59. The highest BCUT2D eigenvalue weighted by molar-refractivity contribution is 5.79. The number of rotatable bonds is 7. The fourth-order valence-electron chi connectivity index (χ4n) is 2.93. The largest absolute Gasteiger partial charge is 0.469 e. The van der Waals surface area contributed by atoms with Crippen molar-refractivity contribution in [1.82, 2.24) is 20.4 Å². The minimum Gasteiger partial charge on any atom is -0.469 e. The van der Waals surface area contributed by atoms with E-state index in [1.54, 1.807) is 6.26 Å². The van der Waals surface area contributed by atoms with Crippen LogP contribution in [0.5, 0.6) is 0 Å². The summed E-state index contributed by atoms with van der Waals surface area (Å²) in [6, 6.07) is 14.1. The van der Waals surface area contributed by atoms with E-state index in [4.69, 9.17) is 9.41 Å². The second-order valence-electron chi connectivity index (χ2n) is 6.53. The number of nitrogens with zero attached hydrogens (tertiary/aromatic N) is 3. The van der Waals surface area contributed by atoms with Crippen LogP contribution in [0.2, 0.25) is 0 Å². The van der Waals surface area contributed by atoms with Gasteiger partial charge in [-0.25, -0.2) is 4.99 Å². The summed E-state index contributed by atoms with van der Waals surface area (Å²) < 4.78 is 7.31. The van der Waals surface area contributed by atoms with Crippen LogP contribution in [0.3, 0.4) is 0 Å². The molecule has 3 rings (SSSR count). The molecule has 142 valence electrons. The van der Waals surface area contributed by atoms with Crippen molar-refractivity contribution in [1.29, 1.82) is 0 Å². The van der Waals surface area contributed by atoms with Crippen molar-refractivity contribution in [3.05, 3.63) is 77.0 Å². The lowest BCUT2D eigenvalue weighted by Gasteiger charge is -2.13. The Bertz CT molecular complexity index is 866. The average molecular weight is 365 g/mol. The summed E-state index contributed by atoms with van der Waals surface area (Å²) in [4.78, 5) is 4.73. The molecule has 6 nitrogen and oxygen atoms in total. The lowest BCUT2D eigenvalue weighted by atomic mass is 10.2. The number of furan rings is 1. The zero-order valence-electron chi connectivity index (χ0n) is 16.2. The maximum atomic E-state index is 5.40. The topological polar surface area (TPSA) is 67.4 Å². The van der Waals surface area contributed by atoms with Gasteiger partial charge in [-0.3, -0.25) is 4.68 Å². The minimum atomic E-state index is 0.627. The molecular weight excluding hydrogens is 338 g/mol. The summed E-state index contributed by atoms with van der Waals surface area (Å²) in [7, 11) is 1.97. The molecular formula is C21H27N5O. The number of hydrogen-bond donors (Lipinski definition) is 2. The smallest absolute Gasteiger partial charge is 0.191 e. The Balaban J connectivity index is 1.64. The van der Waals surface area contributed by atoms with Crippen molar-refractivity contribution in [2.24, 2.45) is 12.0 Å². The zero-order chi connectivity index (χ0) is 19.1. The van der Waals surface area contributed by atoms with Crippen molar-refractivity contribution in [2.45, 2.75) is 33.4 Å². The molecule has 6 heteroatoms. The van der Waals surface area contributed by atoms with Crippen LogP contribution in [0.15, 0.2) is 58.1 Å². The van der Waals surface area contributed by atoms with Crippen molar-refractivity contribution >= 4 is 5.96 Å². The van der Waals surface area contributed by atoms with Gasteiger partial charge in [0.2, 0.25) is 0 Å². The molecule has 3 aromatic rings. The quantitative estimate of drug-likeness (QED) is 0.499. The number of benzene rings is 1. The summed E-state index contributed by atoms with van der Waals surface area (Å²) >= 11 is 0. The molecule has 0 unspecified atom stereocenters. The molecule has 0 saturated heterocycles. The minimum absolute atomic E-state index is 0.627. The van der Waals surface area contributed by atoms with E-state index >= 15 is 0 Å². The Morgan fingerprint density at radius 3 is 2.59 bits per heavy atom. The highest BCUT2D eigenvalue weighted by Gasteiger charge is 2.10. The van der Waals surface area contributed by atoms with Crippen LogP contribution in [-0.4, -0.2) is 22.3 Å². The molecule has 0 aliphatic carbocycles. The molecule has 0 atom stereocenters. The molecule has 1 aromatic carbocycles. The Labute approximate surface area is 160 Å². The fourth-order valence-corrected chi connectivity index (χ4v) is 2.93. The van der Waals surface area contributed by atoms with E-state index in [0.29, 0.717) is 13.1 Å². The average Bonchev–Trinajstić information content (AvgIpc) is 3.27. The Morgan fingerprint density at radius 1 is 1.11 bits per heavy atom. The maximum absolute atomic E-state index is 5.40. The van der Waals surface area contributed by atoms with Crippen molar-refractivity contribution in [2.75, 3.05) is 6.54 Å². The van der Waals surface area contributed by atoms with E-state index in [1.807, 2.05) is 49.0 Å². The number of guanidine groups is 1. The summed E-state index contributed by atoms with van der Waals surface area (Å²) in [6.07, 6.45) is 2.51. The van der Waals surface area contributed by atoms with E-state index in [-0.39, 0.29) is 0 Å². The van der Waals surface area contributed by atoms with Gasteiger partial charge < -0.3 is 15.1 Å². The Hall–Kier alpha value is -3.02. The second kappa shape index (κ2) is 9.07. The molecule has 0 radical (unpaired) electrons. The molecule has 2 aromatic heterocycles. The molecule has 0 aliphatic rings. The molecule has 27 heavy (non-hydrogen) atoms. The molecule has 2 heterocycles. The van der Waals surface area contributed by atoms with E-state index in [2.05, 4.69) is 34.8 Å². The first-order chi connectivity index (χ1) is 13.1. The van der Waals surface area contributed by atoms with Crippen molar-refractivity contribution in [3.63, 3.8) is 0 Å². The van der Waals surface area contributed by atoms with Gasteiger partial charge in [0.05, 0.1) is 18.5 Å². The fraction of sp³-hybridized carbons (Fsp3) is 0.333. The predicted octanol–water partition coefficient (Wildman–Crippen LogP) is 3.11. The number of nitrogens with one attached hydrogen (secondary N) is 2. The van der Waals surface area contributed by atoms with Gasteiger partial charge in [-0.1, -0.05) is 30.3 Å². The lowest BCUT2D eigenvalue weighted by molar-refractivity contribution is 0.506. The number of hydrogen-bond acceptors (Lipinski definition) is 3. The van der Waals surface area contributed by atoms with Crippen molar-refractivity contribution < 1.29 is 4.42 Å². The van der Waals surface area contributed by atoms with E-state index < -0.39 is 0 Å². The summed E-state index contributed by atoms with van der Waals surface area (Å²) in [6.45, 7) is 6.19. The first kappa shape index (κ1) is 18.8. The zero-order valence-corrected chi connectivity index (χ0v) is 16.2. The number of aromatic nitrogens is 2. The second-order valence-corrected chi connectivity index (χ2v) is 6.53. The van der Waals surface area contributed by atoms with Crippen LogP contribution < -0.4 is 10.6 Å². The van der Waals surface area contributed by atoms with E-state index in [9.17, 15) is 0 Å². The van der Waals surface area contributed by atoms with Crippen molar-refractivity contribution in [3.8, 4) is 0 Å². The number of aryl methyl sites for hydroxylation is 2. The van der Waals surface area contributed by atoms with Crippen LogP contribution >= 0.6 is 0 Å². The van der Waals surface area contributed by atoms with Gasteiger partial charge in [-0.2, -0.15) is 5.10 Å². The third-order valence-electron chi connectivity index (χ3n) is 4.60. The van der Waals surface area contributed by atoms with Crippen LogP contribution in [0.25, 0.3) is 0 Å². The first-order valence-corrected chi connectivity index (χ1v) is 9.21. The first-order valence-electron chi connectivity index (χ1n) is 9.21. The molecule has 0 saturated carbocycles. The van der Waals surface area contributed by atoms with Gasteiger partial charge >= 0.3 is 0 Å². The maximum Gasteiger partial charge on any atom is 0.191 e. The monoisotopic (exact) mass is 365 g/mol. The van der Waals surface area contributed by atoms with Gasteiger partial charge in [-0.05, 0) is 31.5 Å². The normalized spacial score (nSPS) is 11.6. The summed E-state index contributed by atoms with van der Waals surface area (Å²) in [5, 5.41) is 11.3. The highest BCUT2D eigenvalue weighted by Crippen LogP contribution is 2.11. The van der Waals surface area contributed by atoms with Gasteiger partial charge in [0.1, 0.15) is 5.76 Å². The van der Waals surface area contributed by atoms with Crippen LogP contribution in [0.4, 0.5) is 0 Å². The predicted molar refractivity (Wildman–Crippen MR) is 108 cm³/mol. The molecule has 0 aliphatic heterocycles. The highest BCUT2D eigenvalue weighted by atomic mass is 16.3. The standard InChI is InChI=1S/C21H27N5O/c1-16-20(17(2)26(3)25-16)15-24-21(22-12-11-19-10-7-13-27-19)23-14-18-8-5-4-6-9-18/h4-10,13H,11-12,14-15H2,1-3H3,(H2,22,23,24). The molecule has 2 N–H and O–H groups in total. The van der Waals surface area contributed by atoms with Crippen LogP contribution in [0, 0.1) is 13.8 Å². The SMILES string of the molecule is Cc1nn(C)c(C)c1CNC(=NCc1ccccc1)NCCc1ccco1. The Kier molecular flexibility index (Phi) is 6.30. The van der Waals surface area contributed by atoms with Gasteiger partial charge in [0, 0.05) is 37.8 Å². The number of aliphatic imine (C=N–C) groups is 1. The molecule has 0 amide bonds. The van der Waals surface area contributed by atoms with Gasteiger partial charge in [0.25, 0.3) is 0 Å². The van der Waals surface area contributed by atoms with E-state index in [1.165, 1.54) is 11.1 Å². The summed E-state index contributed by atoms with van der Waals surface area (Å²) in [5.74, 6) is 1.75. The third-order valence-corrected chi connectivity index (χ3v) is 4.60. The van der Waals surface area contributed by atoms with Crippen LogP contribution in [0.1, 0.15) is 28.3 Å². The molecule has 0 bridgehead atoms.